The number of fused-ring (bicyclic) bond motifs is 3. The Balaban J connectivity index is 1.66. The summed E-state index contributed by atoms with van der Waals surface area (Å²) in [6.45, 7) is 2.69. The van der Waals surface area contributed by atoms with E-state index in [1.165, 1.54) is 31.4 Å². The van der Waals surface area contributed by atoms with Crippen LogP contribution in [-0.4, -0.2) is 71.4 Å². The molecule has 2 aliphatic rings. The lowest BCUT2D eigenvalue weighted by Gasteiger charge is -2.28. The van der Waals surface area contributed by atoms with Crippen molar-refractivity contribution in [3.63, 3.8) is 0 Å². The first-order chi connectivity index (χ1) is 16.9. The molecule has 0 saturated carbocycles. The first-order valence-electron chi connectivity index (χ1n) is 11.4. The molecule has 4 aromatic rings. The largest absolute Gasteiger partial charge is 0.508 e. The fourth-order valence-electron chi connectivity index (χ4n) is 4.96. The fraction of sp³-hybridized carbons (Fsp3) is 0.320. The molecular weight excluding hydrogens is 456 g/mol. The number of hydrogen-bond acceptors (Lipinski definition) is 8. The molecular formula is C25H23F2N5O3. The highest BCUT2D eigenvalue weighted by Crippen LogP contribution is 2.43. The van der Waals surface area contributed by atoms with Gasteiger partial charge in [0.1, 0.15) is 40.6 Å². The third-order valence-corrected chi connectivity index (χ3v) is 6.75. The maximum atomic E-state index is 16.2. The van der Waals surface area contributed by atoms with E-state index in [0.717, 1.165) is 19.5 Å². The zero-order valence-corrected chi connectivity index (χ0v) is 19.3. The number of hydrogen-bond donors (Lipinski definition) is 1. The highest BCUT2D eigenvalue weighted by Gasteiger charge is 2.34. The van der Waals surface area contributed by atoms with E-state index in [0.29, 0.717) is 29.7 Å². The lowest BCUT2D eigenvalue weighted by Crippen LogP contribution is -2.40. The van der Waals surface area contributed by atoms with Crippen LogP contribution in [0, 0.1) is 11.6 Å². The molecule has 8 nitrogen and oxygen atoms in total. The fourth-order valence-corrected chi connectivity index (χ4v) is 4.96. The second-order valence-corrected chi connectivity index (χ2v) is 8.92. The first-order valence-corrected chi connectivity index (χ1v) is 11.4. The molecule has 6 rings (SSSR count). The molecule has 2 aromatic carbocycles. The van der Waals surface area contributed by atoms with Crippen molar-refractivity contribution in [2.45, 2.75) is 12.5 Å². The van der Waals surface area contributed by atoms with Crippen molar-refractivity contribution in [1.82, 2.24) is 19.9 Å². The van der Waals surface area contributed by atoms with E-state index in [1.807, 2.05) is 0 Å². The van der Waals surface area contributed by atoms with Gasteiger partial charge in [0.25, 0.3) is 0 Å². The zero-order chi connectivity index (χ0) is 24.3. The molecule has 10 heteroatoms. The van der Waals surface area contributed by atoms with Crippen LogP contribution < -0.4 is 14.4 Å². The maximum absolute atomic E-state index is 16.2. The van der Waals surface area contributed by atoms with Gasteiger partial charge in [-0.3, -0.25) is 0 Å². The molecule has 0 amide bonds. The quantitative estimate of drug-likeness (QED) is 0.466. The van der Waals surface area contributed by atoms with E-state index in [1.54, 1.807) is 6.07 Å². The lowest BCUT2D eigenvalue weighted by molar-refractivity contribution is 0.270. The van der Waals surface area contributed by atoms with Gasteiger partial charge in [-0.2, -0.15) is 9.97 Å². The van der Waals surface area contributed by atoms with E-state index in [-0.39, 0.29) is 45.8 Å². The number of likely N-dealkylation sites (N-methyl/N-ethyl adjacent to an activating group) is 1. The Hall–Kier alpha value is -3.79. The summed E-state index contributed by atoms with van der Waals surface area (Å²) >= 11 is 0. The van der Waals surface area contributed by atoms with Crippen molar-refractivity contribution in [2.75, 3.05) is 45.3 Å². The number of aromatic hydroxyl groups is 1. The number of phenolic OH excluding ortho intramolecular Hbond substituents is 1. The SMILES string of the molecule is COc1nc2c3c(nc(-c4cc(O)cc5cccc(F)c45)c(F)c3n1)OCC1CCN(C)CCN21. The Morgan fingerprint density at radius 2 is 1.94 bits per heavy atom. The van der Waals surface area contributed by atoms with Crippen LogP contribution in [-0.2, 0) is 0 Å². The monoisotopic (exact) mass is 479 g/mol. The van der Waals surface area contributed by atoms with E-state index in [4.69, 9.17) is 9.47 Å². The number of ether oxygens (including phenoxy) is 2. The molecule has 4 heterocycles. The molecule has 0 spiro atoms. The average molecular weight is 479 g/mol. The Labute approximate surface area is 199 Å². The van der Waals surface area contributed by atoms with Crippen molar-refractivity contribution in [1.29, 1.82) is 0 Å². The van der Waals surface area contributed by atoms with Gasteiger partial charge in [0, 0.05) is 24.0 Å². The number of anilines is 1. The molecule has 1 atom stereocenters. The number of methoxy groups -OCH3 is 1. The smallest absolute Gasteiger partial charge is 0.318 e. The molecule has 0 aliphatic carbocycles. The van der Waals surface area contributed by atoms with Crippen LogP contribution in [0.1, 0.15) is 6.42 Å². The Kier molecular flexibility index (Phi) is 5.06. The molecule has 35 heavy (non-hydrogen) atoms. The van der Waals surface area contributed by atoms with Gasteiger partial charge < -0.3 is 24.4 Å². The third kappa shape index (κ3) is 3.47. The average Bonchev–Trinajstić information content (AvgIpc) is 3.12. The van der Waals surface area contributed by atoms with E-state index < -0.39 is 11.6 Å². The van der Waals surface area contributed by atoms with Crippen LogP contribution >= 0.6 is 0 Å². The predicted octanol–water partition coefficient (Wildman–Crippen LogP) is 3.74. The molecule has 1 unspecified atom stereocenters. The third-order valence-electron chi connectivity index (χ3n) is 6.75. The lowest BCUT2D eigenvalue weighted by atomic mass is 9.99. The number of pyridine rings is 1. The number of nitrogens with zero attached hydrogens (tertiary/aromatic N) is 5. The van der Waals surface area contributed by atoms with Gasteiger partial charge >= 0.3 is 6.01 Å². The molecule has 180 valence electrons. The van der Waals surface area contributed by atoms with Crippen LogP contribution in [0.3, 0.4) is 0 Å². The summed E-state index contributed by atoms with van der Waals surface area (Å²) in [4.78, 5) is 17.7. The summed E-state index contributed by atoms with van der Waals surface area (Å²) in [6.07, 6.45) is 0.829. The normalized spacial score (nSPS) is 18.2. The summed E-state index contributed by atoms with van der Waals surface area (Å²) in [5.74, 6) is -0.781. The highest BCUT2D eigenvalue weighted by atomic mass is 19.1. The van der Waals surface area contributed by atoms with Crippen LogP contribution in [0.15, 0.2) is 30.3 Å². The molecule has 0 radical (unpaired) electrons. The van der Waals surface area contributed by atoms with Gasteiger partial charge in [0.2, 0.25) is 5.88 Å². The van der Waals surface area contributed by atoms with Crippen molar-refractivity contribution in [3.8, 4) is 28.9 Å². The van der Waals surface area contributed by atoms with Gasteiger partial charge in [-0.25, -0.2) is 13.8 Å². The summed E-state index contributed by atoms with van der Waals surface area (Å²) in [5, 5.41) is 11.2. The number of phenols is 1. The Bertz CT molecular complexity index is 1480. The number of aromatic nitrogens is 3. The Morgan fingerprint density at radius 3 is 2.77 bits per heavy atom. The minimum absolute atomic E-state index is 0.00233. The van der Waals surface area contributed by atoms with Crippen molar-refractivity contribution < 1.29 is 23.4 Å². The molecule has 0 bridgehead atoms. The van der Waals surface area contributed by atoms with Gasteiger partial charge in [0.05, 0.1) is 13.2 Å². The van der Waals surface area contributed by atoms with E-state index in [2.05, 4.69) is 31.8 Å². The predicted molar refractivity (Wildman–Crippen MR) is 127 cm³/mol. The maximum Gasteiger partial charge on any atom is 0.318 e. The van der Waals surface area contributed by atoms with Crippen LogP contribution in [0.25, 0.3) is 32.9 Å². The van der Waals surface area contributed by atoms with Crippen LogP contribution in [0.2, 0.25) is 0 Å². The summed E-state index contributed by atoms with van der Waals surface area (Å²) < 4.78 is 42.5. The van der Waals surface area contributed by atoms with Crippen LogP contribution in [0.4, 0.5) is 14.6 Å². The standard InChI is InChI=1S/C25H23F2N5O3/c1-31-7-6-14-12-35-24-19-22(29-25(34-2)30-23(19)32(14)9-8-31)20(27)21(28-24)16-11-15(33)10-13-4-3-5-17(26)18(13)16/h3-5,10-11,14,33H,6-9,12H2,1-2H3. The minimum Gasteiger partial charge on any atom is -0.508 e. The molecule has 1 N–H and O–H groups in total. The van der Waals surface area contributed by atoms with Crippen molar-refractivity contribution >= 4 is 27.5 Å². The topological polar surface area (TPSA) is 83.8 Å². The number of rotatable bonds is 2. The molecule has 2 aliphatic heterocycles. The zero-order valence-electron chi connectivity index (χ0n) is 19.3. The van der Waals surface area contributed by atoms with E-state index in [9.17, 15) is 9.50 Å². The first kappa shape index (κ1) is 21.7. The summed E-state index contributed by atoms with van der Waals surface area (Å²) in [6, 6.07) is 7.20. The molecule has 2 aromatic heterocycles. The number of halogens is 2. The van der Waals surface area contributed by atoms with E-state index >= 15 is 4.39 Å². The highest BCUT2D eigenvalue weighted by molar-refractivity contribution is 6.02. The van der Waals surface area contributed by atoms with Crippen LogP contribution in [0.5, 0.6) is 17.6 Å². The second kappa shape index (κ2) is 8.16. The van der Waals surface area contributed by atoms with Crippen molar-refractivity contribution in [2.24, 2.45) is 0 Å². The minimum atomic E-state index is -0.769. The van der Waals surface area contributed by atoms with Gasteiger partial charge in [-0.15, -0.1) is 0 Å². The van der Waals surface area contributed by atoms with Gasteiger partial charge in [-0.1, -0.05) is 12.1 Å². The van der Waals surface area contributed by atoms with Gasteiger partial charge in [0.15, 0.2) is 5.82 Å². The summed E-state index contributed by atoms with van der Waals surface area (Å²) in [5.41, 5.74) is -0.0863. The number of benzene rings is 2. The molecule has 1 fully saturated rings. The van der Waals surface area contributed by atoms with Gasteiger partial charge in [-0.05, 0) is 43.6 Å². The molecule has 1 saturated heterocycles. The Morgan fingerprint density at radius 1 is 1.09 bits per heavy atom. The summed E-state index contributed by atoms with van der Waals surface area (Å²) in [7, 11) is 3.48. The van der Waals surface area contributed by atoms with Crippen molar-refractivity contribution in [3.05, 3.63) is 42.0 Å². The second-order valence-electron chi connectivity index (χ2n) is 8.92.